The summed E-state index contributed by atoms with van der Waals surface area (Å²) in [6.45, 7) is 0. The molecule has 4 aliphatic rings. The molecule has 0 amide bonds. The quantitative estimate of drug-likeness (QED) is 0.489. The van der Waals surface area contributed by atoms with E-state index in [1.54, 1.807) is 6.20 Å². The minimum absolute atomic E-state index is 0. The molecule has 0 spiro atoms. The highest BCUT2D eigenvalue weighted by Crippen LogP contribution is 2.61. The van der Waals surface area contributed by atoms with Crippen molar-refractivity contribution in [2.75, 3.05) is 0 Å². The lowest BCUT2D eigenvalue weighted by Crippen LogP contribution is -2.49. The first-order chi connectivity index (χ1) is 13.2. The second-order valence-corrected chi connectivity index (χ2v) is 9.13. The Hall–Kier alpha value is -2.13. The normalized spacial score (nSPS) is 30.4. The van der Waals surface area contributed by atoms with Gasteiger partial charge in [-0.2, -0.15) is 0 Å². The van der Waals surface area contributed by atoms with Crippen molar-refractivity contribution >= 4 is 29.2 Å². The van der Waals surface area contributed by atoms with Crippen molar-refractivity contribution in [1.29, 1.82) is 0 Å². The van der Waals surface area contributed by atoms with E-state index in [1.165, 1.54) is 19.3 Å². The van der Waals surface area contributed by atoms with E-state index in [-0.39, 0.29) is 23.6 Å². The fraction of sp³-hybridized carbons (Fsp3) is 0.417. The van der Waals surface area contributed by atoms with Crippen molar-refractivity contribution in [3.63, 3.8) is 0 Å². The van der Waals surface area contributed by atoms with Gasteiger partial charge in [-0.25, -0.2) is 0 Å². The number of pyridine rings is 1. The van der Waals surface area contributed by atoms with Crippen molar-refractivity contribution in [2.24, 2.45) is 23.2 Å². The van der Waals surface area contributed by atoms with Gasteiger partial charge in [0.05, 0.1) is 0 Å². The minimum Gasteiger partial charge on any atom is -0.453 e. The number of furan rings is 1. The molecule has 7 rings (SSSR count). The van der Waals surface area contributed by atoms with Gasteiger partial charge in [0.2, 0.25) is 5.78 Å². The van der Waals surface area contributed by atoms with E-state index in [0.717, 1.165) is 59.1 Å². The molecule has 2 heterocycles. The van der Waals surface area contributed by atoms with Crippen LogP contribution in [0.1, 0.15) is 49.1 Å². The van der Waals surface area contributed by atoms with Crippen LogP contribution in [0.5, 0.6) is 0 Å². The van der Waals surface area contributed by atoms with Crippen LogP contribution in [0.2, 0.25) is 0 Å². The zero-order valence-corrected chi connectivity index (χ0v) is 16.6. The van der Waals surface area contributed by atoms with Crippen molar-refractivity contribution in [2.45, 2.75) is 38.5 Å². The molecule has 4 saturated carbocycles. The summed E-state index contributed by atoms with van der Waals surface area (Å²) < 4.78 is 6.11. The van der Waals surface area contributed by atoms with Crippen molar-refractivity contribution < 1.29 is 9.21 Å². The Morgan fingerprint density at radius 2 is 1.68 bits per heavy atom. The maximum Gasteiger partial charge on any atom is 0.204 e. The Balaban J connectivity index is 0.00000171. The van der Waals surface area contributed by atoms with Crippen LogP contribution in [0.25, 0.3) is 22.1 Å². The van der Waals surface area contributed by atoms with E-state index in [4.69, 9.17) is 4.42 Å². The zero-order chi connectivity index (χ0) is 18.0. The molecule has 3 aromatic rings. The number of carbonyl (C=O) groups is 1. The molecule has 2 aromatic heterocycles. The molecular weight excluding hydrogens is 370 g/mol. The van der Waals surface area contributed by atoms with Crippen molar-refractivity contribution in [3.05, 3.63) is 54.6 Å². The highest BCUT2D eigenvalue weighted by atomic mass is 35.5. The number of benzene rings is 1. The fourth-order valence-electron chi connectivity index (χ4n) is 6.51. The number of hydrogen-bond acceptors (Lipinski definition) is 3. The number of hydrogen-bond donors (Lipinski definition) is 0. The average molecular weight is 394 g/mol. The van der Waals surface area contributed by atoms with E-state index in [2.05, 4.69) is 17.1 Å². The molecule has 4 aliphatic carbocycles. The van der Waals surface area contributed by atoms with Crippen LogP contribution in [-0.4, -0.2) is 10.8 Å². The van der Waals surface area contributed by atoms with Gasteiger partial charge < -0.3 is 4.42 Å². The van der Waals surface area contributed by atoms with Gasteiger partial charge in [-0.15, -0.1) is 12.4 Å². The highest BCUT2D eigenvalue weighted by Gasteiger charge is 2.55. The van der Waals surface area contributed by atoms with E-state index in [1.807, 2.05) is 30.5 Å². The predicted molar refractivity (Wildman–Crippen MR) is 112 cm³/mol. The van der Waals surface area contributed by atoms with Gasteiger partial charge >= 0.3 is 0 Å². The molecule has 0 saturated heterocycles. The summed E-state index contributed by atoms with van der Waals surface area (Å²) in [4.78, 5) is 17.7. The van der Waals surface area contributed by atoms with E-state index in [9.17, 15) is 4.79 Å². The summed E-state index contributed by atoms with van der Waals surface area (Å²) in [7, 11) is 0. The molecule has 1 aromatic carbocycles. The number of fused-ring (bicyclic) bond motifs is 1. The second-order valence-electron chi connectivity index (χ2n) is 9.13. The molecular formula is C24H24ClNO2. The van der Waals surface area contributed by atoms with E-state index < -0.39 is 0 Å². The van der Waals surface area contributed by atoms with Crippen LogP contribution in [0.3, 0.4) is 0 Å². The number of carbonyl (C=O) groups excluding carboxylic acids is 1. The molecule has 0 N–H and O–H groups in total. The lowest BCUT2D eigenvalue weighted by Gasteiger charge is -2.55. The summed E-state index contributed by atoms with van der Waals surface area (Å²) in [5, 5.41) is 1.01. The molecule has 0 aliphatic heterocycles. The van der Waals surface area contributed by atoms with Gasteiger partial charge in [-0.3, -0.25) is 9.78 Å². The Morgan fingerprint density at radius 1 is 0.964 bits per heavy atom. The number of nitrogens with zero attached hydrogens (tertiary/aromatic N) is 1. The third-order valence-electron chi connectivity index (χ3n) is 7.26. The first-order valence-corrected chi connectivity index (χ1v) is 10.2. The molecule has 4 heteroatoms. The number of halogens is 1. The third kappa shape index (κ3) is 2.71. The summed E-state index contributed by atoms with van der Waals surface area (Å²) in [5.41, 5.74) is 2.78. The summed E-state index contributed by atoms with van der Waals surface area (Å²) in [6, 6.07) is 12.1. The largest absolute Gasteiger partial charge is 0.453 e. The third-order valence-corrected chi connectivity index (χ3v) is 7.26. The van der Waals surface area contributed by atoms with Gasteiger partial charge in [0.1, 0.15) is 5.58 Å². The number of rotatable bonds is 3. The monoisotopic (exact) mass is 393 g/mol. The van der Waals surface area contributed by atoms with Crippen LogP contribution in [0.15, 0.2) is 53.2 Å². The standard InChI is InChI=1S/C24H23NO2.ClH/c26-23(24-11-15-6-16(12-24)8-17(7-15)13-24)22-10-19-4-3-18(9-21(19)27-22)20-2-1-5-25-14-20;/h1-5,9-10,14-17H,6-8,11-13H2;1H. The predicted octanol–water partition coefficient (Wildman–Crippen LogP) is 6.32. The van der Waals surface area contributed by atoms with Gasteiger partial charge in [0, 0.05) is 28.8 Å². The van der Waals surface area contributed by atoms with Gasteiger partial charge in [0.25, 0.3) is 0 Å². The van der Waals surface area contributed by atoms with E-state index in [0.29, 0.717) is 5.76 Å². The summed E-state index contributed by atoms with van der Waals surface area (Å²) in [6.07, 6.45) is 10.9. The number of aromatic nitrogens is 1. The lowest BCUT2D eigenvalue weighted by molar-refractivity contribution is -0.0364. The highest BCUT2D eigenvalue weighted by molar-refractivity contribution is 6.02. The lowest BCUT2D eigenvalue weighted by atomic mass is 9.48. The van der Waals surface area contributed by atoms with Crippen LogP contribution >= 0.6 is 12.4 Å². The Morgan fingerprint density at radius 3 is 2.32 bits per heavy atom. The summed E-state index contributed by atoms with van der Waals surface area (Å²) in [5.74, 6) is 3.13. The molecule has 0 unspecified atom stereocenters. The molecule has 4 bridgehead atoms. The topological polar surface area (TPSA) is 43.1 Å². The molecule has 0 atom stereocenters. The molecule has 28 heavy (non-hydrogen) atoms. The Labute approximate surface area is 170 Å². The molecule has 3 nitrogen and oxygen atoms in total. The van der Waals surface area contributed by atoms with Gasteiger partial charge in [-0.05, 0) is 80.0 Å². The molecule has 144 valence electrons. The van der Waals surface area contributed by atoms with Crippen LogP contribution in [-0.2, 0) is 0 Å². The first kappa shape index (κ1) is 17.9. The summed E-state index contributed by atoms with van der Waals surface area (Å²) >= 11 is 0. The van der Waals surface area contributed by atoms with Gasteiger partial charge in [0.15, 0.2) is 5.76 Å². The van der Waals surface area contributed by atoms with E-state index >= 15 is 0 Å². The second kappa shape index (κ2) is 6.45. The first-order valence-electron chi connectivity index (χ1n) is 10.2. The van der Waals surface area contributed by atoms with Crippen LogP contribution in [0.4, 0.5) is 0 Å². The van der Waals surface area contributed by atoms with Crippen LogP contribution < -0.4 is 0 Å². The van der Waals surface area contributed by atoms with Gasteiger partial charge in [-0.1, -0.05) is 18.2 Å². The average Bonchev–Trinajstić information content (AvgIpc) is 3.10. The zero-order valence-electron chi connectivity index (χ0n) is 15.8. The molecule has 0 radical (unpaired) electrons. The number of Topliss-reactive ketones (excluding diaryl/α,β-unsaturated/α-hetero) is 1. The Kier molecular flexibility index (Phi) is 4.13. The Bertz CT molecular complexity index is 1000. The SMILES string of the molecule is Cl.O=C(c1cc2ccc(-c3cccnc3)cc2o1)C12CC3CC(CC(C3)C1)C2. The van der Waals surface area contributed by atoms with Crippen molar-refractivity contribution in [1.82, 2.24) is 4.98 Å². The molecule has 4 fully saturated rings. The minimum atomic E-state index is -0.144. The van der Waals surface area contributed by atoms with Crippen LogP contribution in [0, 0.1) is 23.2 Å². The maximum absolute atomic E-state index is 13.5. The maximum atomic E-state index is 13.5. The van der Waals surface area contributed by atoms with Crippen molar-refractivity contribution in [3.8, 4) is 11.1 Å². The number of ketones is 1. The smallest absolute Gasteiger partial charge is 0.204 e. The fourth-order valence-corrected chi connectivity index (χ4v) is 6.51.